The minimum atomic E-state index is -0.998. The van der Waals surface area contributed by atoms with Crippen molar-refractivity contribution in [2.45, 2.75) is 6.42 Å². The van der Waals surface area contributed by atoms with Gasteiger partial charge in [-0.05, 0) is 41.8 Å². The second-order valence-corrected chi connectivity index (χ2v) is 3.97. The summed E-state index contributed by atoms with van der Waals surface area (Å²) in [5, 5.41) is 9.74. The van der Waals surface area contributed by atoms with E-state index in [-0.39, 0.29) is 24.4 Å². The van der Waals surface area contributed by atoms with Gasteiger partial charge in [-0.2, -0.15) is 5.06 Å². The molecule has 1 heterocycles. The highest BCUT2D eigenvalue weighted by Gasteiger charge is 2.11. The predicted octanol–water partition coefficient (Wildman–Crippen LogP) is 2.02. The number of nitrogens with zero attached hydrogens (tertiary/aromatic N) is 2. The quantitative estimate of drug-likeness (QED) is 0.405. The van der Waals surface area contributed by atoms with E-state index in [0.29, 0.717) is 5.06 Å². The number of anilines is 1. The Bertz CT molecular complexity index is 573. The zero-order chi connectivity index (χ0) is 13.7. The van der Waals surface area contributed by atoms with Crippen LogP contribution in [-0.4, -0.2) is 22.4 Å². The molecular weight excluding hydrogens is 280 g/mol. The number of benzene rings is 1. The summed E-state index contributed by atoms with van der Waals surface area (Å²) in [5.41, 5.74) is 2.41. The Balaban J connectivity index is 0.00000200. The number of rotatable bonds is 4. The third-order valence-corrected chi connectivity index (χ3v) is 2.65. The molecule has 0 radical (unpaired) electrons. The molecule has 0 bridgehead atoms. The van der Waals surface area contributed by atoms with Crippen LogP contribution in [0.3, 0.4) is 0 Å². The topological polar surface area (TPSA) is 70.5 Å². The van der Waals surface area contributed by atoms with Crippen LogP contribution in [0.5, 0.6) is 0 Å². The van der Waals surface area contributed by atoms with Gasteiger partial charge in [0, 0.05) is 12.4 Å². The minimum Gasteiger partial charge on any atom is -0.292 e. The molecule has 104 valence electrons. The lowest BCUT2D eigenvalue weighted by molar-refractivity contribution is -0.133. The third kappa shape index (κ3) is 3.88. The smallest absolute Gasteiger partial charge is 0.292 e. The molecule has 6 heteroatoms. The Morgan fingerprint density at radius 3 is 2.20 bits per heavy atom. The van der Waals surface area contributed by atoms with Gasteiger partial charge in [-0.1, -0.05) is 12.1 Å². The van der Waals surface area contributed by atoms with Crippen molar-refractivity contribution < 1.29 is 14.8 Å². The van der Waals surface area contributed by atoms with Crippen molar-refractivity contribution >= 4 is 30.3 Å². The zero-order valence-corrected chi connectivity index (χ0v) is 11.3. The van der Waals surface area contributed by atoms with Crippen LogP contribution < -0.4 is 5.06 Å². The van der Waals surface area contributed by atoms with Gasteiger partial charge in [-0.3, -0.25) is 19.8 Å². The number of amides is 1. The molecule has 1 amide bonds. The van der Waals surface area contributed by atoms with Crippen LogP contribution in [0.2, 0.25) is 0 Å². The monoisotopic (exact) mass is 292 g/mol. The molecule has 1 N–H and O–H groups in total. The van der Waals surface area contributed by atoms with Crippen LogP contribution in [0.1, 0.15) is 11.1 Å². The molecule has 0 aliphatic rings. The van der Waals surface area contributed by atoms with E-state index in [4.69, 9.17) is 0 Å². The van der Waals surface area contributed by atoms with E-state index in [2.05, 4.69) is 4.98 Å². The molecule has 5 nitrogen and oxygen atoms in total. The van der Waals surface area contributed by atoms with Crippen LogP contribution in [0.15, 0.2) is 48.8 Å². The number of pyridine rings is 1. The number of carbonyl (C=O) groups excluding carboxylic acids is 2. The molecule has 2 rings (SSSR count). The molecule has 2 aromatic rings. The molecule has 20 heavy (non-hydrogen) atoms. The number of carbonyl (C=O) groups is 2. The lowest BCUT2D eigenvalue weighted by atomic mass is 10.1. The molecule has 0 saturated heterocycles. The van der Waals surface area contributed by atoms with E-state index in [1.165, 1.54) is 0 Å². The summed E-state index contributed by atoms with van der Waals surface area (Å²) >= 11 is 0. The van der Waals surface area contributed by atoms with Crippen LogP contribution >= 0.6 is 12.4 Å². The minimum absolute atomic E-state index is 0. The fourth-order valence-corrected chi connectivity index (χ4v) is 1.67. The summed E-state index contributed by atoms with van der Waals surface area (Å²) in [6.45, 7) is 0. The Morgan fingerprint density at radius 2 is 1.65 bits per heavy atom. The molecule has 0 unspecified atom stereocenters. The van der Waals surface area contributed by atoms with E-state index < -0.39 is 5.91 Å². The Morgan fingerprint density at radius 1 is 1.10 bits per heavy atom. The second kappa shape index (κ2) is 7.37. The van der Waals surface area contributed by atoms with Crippen LogP contribution in [0.4, 0.5) is 5.69 Å². The van der Waals surface area contributed by atoms with Crippen molar-refractivity contribution in [3.8, 4) is 0 Å². The predicted molar refractivity (Wildman–Crippen MR) is 76.1 cm³/mol. The number of halogens is 1. The van der Waals surface area contributed by atoms with E-state index in [9.17, 15) is 14.8 Å². The van der Waals surface area contributed by atoms with E-state index >= 15 is 0 Å². The van der Waals surface area contributed by atoms with Crippen molar-refractivity contribution in [3.05, 3.63) is 59.9 Å². The number of aldehydes is 1. The molecule has 1 aromatic heterocycles. The van der Waals surface area contributed by atoms with Crippen molar-refractivity contribution in [1.29, 1.82) is 0 Å². The summed E-state index contributed by atoms with van der Waals surface area (Å²) < 4.78 is 0. The van der Waals surface area contributed by atoms with Gasteiger partial charge in [0.1, 0.15) is 0 Å². The average molecular weight is 293 g/mol. The Hall–Kier alpha value is -2.24. The van der Waals surface area contributed by atoms with Gasteiger partial charge < -0.3 is 0 Å². The molecule has 0 fully saturated rings. The lowest BCUT2D eigenvalue weighted by Gasteiger charge is -2.12. The highest BCUT2D eigenvalue weighted by molar-refractivity contribution is 6.29. The molecule has 0 spiro atoms. The fraction of sp³-hybridized carbons (Fsp3) is 0.0714. The summed E-state index contributed by atoms with van der Waals surface area (Å²) in [6, 6.07) is 10.6. The van der Waals surface area contributed by atoms with Crippen molar-refractivity contribution in [2.75, 3.05) is 5.06 Å². The fourth-order valence-electron chi connectivity index (χ4n) is 1.67. The van der Waals surface area contributed by atoms with Gasteiger partial charge in [0.15, 0.2) is 0 Å². The zero-order valence-electron chi connectivity index (χ0n) is 10.5. The van der Waals surface area contributed by atoms with Crippen LogP contribution in [-0.2, 0) is 16.0 Å². The highest BCUT2D eigenvalue weighted by atomic mass is 35.5. The SMILES string of the molecule is Cl.O=CC(=O)N(O)c1ccc(Cc2ccncc2)cc1. The maximum Gasteiger partial charge on any atom is 0.314 e. The van der Waals surface area contributed by atoms with E-state index in [0.717, 1.165) is 17.5 Å². The van der Waals surface area contributed by atoms with Crippen LogP contribution in [0, 0.1) is 0 Å². The van der Waals surface area contributed by atoms with Gasteiger partial charge in [0.05, 0.1) is 5.69 Å². The maximum absolute atomic E-state index is 11.0. The van der Waals surface area contributed by atoms with Crippen molar-refractivity contribution in [2.24, 2.45) is 0 Å². The van der Waals surface area contributed by atoms with E-state index in [1.807, 2.05) is 12.1 Å². The molecule has 0 aliphatic carbocycles. The Kier molecular flexibility index (Phi) is 5.83. The van der Waals surface area contributed by atoms with Gasteiger partial charge in [0.25, 0.3) is 0 Å². The van der Waals surface area contributed by atoms with Gasteiger partial charge in [-0.25, -0.2) is 0 Å². The molecule has 0 saturated carbocycles. The van der Waals surface area contributed by atoms with Gasteiger partial charge >= 0.3 is 5.91 Å². The molecule has 1 aromatic carbocycles. The first-order chi connectivity index (χ1) is 9.20. The normalized spacial score (nSPS) is 9.45. The van der Waals surface area contributed by atoms with Crippen molar-refractivity contribution in [3.63, 3.8) is 0 Å². The maximum atomic E-state index is 11.0. The average Bonchev–Trinajstić information content (AvgIpc) is 2.47. The molecule has 0 atom stereocenters. The number of hydrogen-bond donors (Lipinski definition) is 1. The standard InChI is InChI=1S/C14H12N2O3.ClH/c17-10-14(18)16(19)13-3-1-11(2-4-13)9-12-5-7-15-8-6-12;/h1-8,10,19H,9H2;1H. The highest BCUT2D eigenvalue weighted by Crippen LogP contribution is 2.15. The lowest BCUT2D eigenvalue weighted by Crippen LogP contribution is -2.27. The first-order valence-corrected chi connectivity index (χ1v) is 5.66. The third-order valence-electron chi connectivity index (χ3n) is 2.65. The second-order valence-electron chi connectivity index (χ2n) is 3.97. The van der Waals surface area contributed by atoms with Crippen molar-refractivity contribution in [1.82, 2.24) is 4.98 Å². The molecule has 0 aliphatic heterocycles. The first kappa shape index (κ1) is 15.8. The largest absolute Gasteiger partial charge is 0.314 e. The van der Waals surface area contributed by atoms with E-state index in [1.54, 1.807) is 36.7 Å². The van der Waals surface area contributed by atoms with Gasteiger partial charge in [0.2, 0.25) is 6.29 Å². The number of hydroxylamine groups is 1. The summed E-state index contributed by atoms with van der Waals surface area (Å²) in [4.78, 5) is 25.2. The summed E-state index contributed by atoms with van der Waals surface area (Å²) in [5.74, 6) is -0.998. The van der Waals surface area contributed by atoms with Crippen LogP contribution in [0.25, 0.3) is 0 Å². The first-order valence-electron chi connectivity index (χ1n) is 5.66. The Labute approximate surface area is 122 Å². The number of hydrogen-bond acceptors (Lipinski definition) is 4. The molecular formula is C14H13ClN2O3. The summed E-state index contributed by atoms with van der Waals surface area (Å²) in [7, 11) is 0. The number of aromatic nitrogens is 1. The summed E-state index contributed by atoms with van der Waals surface area (Å²) in [6.07, 6.45) is 4.24. The van der Waals surface area contributed by atoms with Gasteiger partial charge in [-0.15, -0.1) is 12.4 Å².